The number of methoxy groups -OCH3 is 1. The van der Waals surface area contributed by atoms with Gasteiger partial charge in [-0.1, -0.05) is 20.8 Å². The molecule has 0 atom stereocenters. The molecular weight excluding hydrogens is 340 g/mol. The van der Waals surface area contributed by atoms with Gasteiger partial charge in [-0.15, -0.1) is 0 Å². The van der Waals surface area contributed by atoms with E-state index in [1.54, 1.807) is 18.1 Å². The molecule has 1 saturated heterocycles. The summed E-state index contributed by atoms with van der Waals surface area (Å²) in [6, 6.07) is 5.49. The van der Waals surface area contributed by atoms with Gasteiger partial charge in [-0.3, -0.25) is 4.79 Å². The lowest BCUT2D eigenvalue weighted by Gasteiger charge is -2.25. The predicted octanol–water partition coefficient (Wildman–Crippen LogP) is 2.10. The summed E-state index contributed by atoms with van der Waals surface area (Å²) in [6.45, 7) is 7.99. The monoisotopic (exact) mass is 368 g/mol. The van der Waals surface area contributed by atoms with Gasteiger partial charge in [0.25, 0.3) is 5.91 Å². The van der Waals surface area contributed by atoms with E-state index in [0.717, 1.165) is 11.3 Å². The number of hydrogen-bond donors (Lipinski definition) is 0. The van der Waals surface area contributed by atoms with Crippen LogP contribution in [0.3, 0.4) is 0 Å². The molecule has 1 fully saturated rings. The molecule has 0 aliphatic carbocycles. The molecule has 0 spiro atoms. The van der Waals surface area contributed by atoms with E-state index in [-0.39, 0.29) is 11.3 Å². The van der Waals surface area contributed by atoms with E-state index in [2.05, 4.69) is 20.8 Å². The van der Waals surface area contributed by atoms with Gasteiger partial charge in [-0.2, -0.15) is 0 Å². The van der Waals surface area contributed by atoms with Crippen molar-refractivity contribution in [1.82, 2.24) is 9.21 Å². The first-order valence-electron chi connectivity index (χ1n) is 8.47. The minimum atomic E-state index is -3.22. The normalized spacial score (nSPS) is 17.2. The van der Waals surface area contributed by atoms with E-state index in [9.17, 15) is 13.2 Å². The van der Waals surface area contributed by atoms with Crippen LogP contribution in [0.2, 0.25) is 0 Å². The Hall–Kier alpha value is -1.60. The van der Waals surface area contributed by atoms with Crippen LogP contribution in [0.5, 0.6) is 5.75 Å². The van der Waals surface area contributed by atoms with Gasteiger partial charge in [0, 0.05) is 37.3 Å². The Morgan fingerprint density at radius 2 is 1.80 bits per heavy atom. The van der Waals surface area contributed by atoms with E-state index in [4.69, 9.17) is 4.74 Å². The van der Waals surface area contributed by atoms with E-state index in [1.807, 2.05) is 12.1 Å². The van der Waals surface area contributed by atoms with Crippen LogP contribution >= 0.6 is 0 Å². The van der Waals surface area contributed by atoms with Crippen LogP contribution in [0.15, 0.2) is 18.2 Å². The number of carbonyl (C=O) groups is 1. The predicted molar refractivity (Wildman–Crippen MR) is 98.6 cm³/mol. The van der Waals surface area contributed by atoms with Gasteiger partial charge in [-0.25, -0.2) is 12.7 Å². The maximum Gasteiger partial charge on any atom is 0.253 e. The molecule has 7 heteroatoms. The topological polar surface area (TPSA) is 66.9 Å². The molecule has 0 aromatic heterocycles. The van der Waals surface area contributed by atoms with Gasteiger partial charge < -0.3 is 9.64 Å². The molecule has 6 nitrogen and oxygen atoms in total. The minimum absolute atomic E-state index is 0.0662. The summed E-state index contributed by atoms with van der Waals surface area (Å²) in [7, 11) is -1.59. The first-order valence-corrected chi connectivity index (χ1v) is 10.3. The van der Waals surface area contributed by atoms with Crippen molar-refractivity contribution in [3.05, 3.63) is 29.3 Å². The molecule has 1 aliphatic heterocycles. The zero-order chi connectivity index (χ0) is 18.8. The molecule has 1 heterocycles. The Morgan fingerprint density at radius 3 is 2.36 bits per heavy atom. The summed E-state index contributed by atoms with van der Waals surface area (Å²) in [6.07, 6.45) is 1.85. The van der Waals surface area contributed by atoms with Crippen LogP contribution in [-0.2, 0) is 15.4 Å². The largest absolute Gasteiger partial charge is 0.496 e. The number of hydrogen-bond acceptors (Lipinski definition) is 4. The number of benzene rings is 1. The molecule has 140 valence electrons. The van der Waals surface area contributed by atoms with Gasteiger partial charge in [0.15, 0.2) is 0 Å². The molecule has 2 rings (SSSR count). The molecule has 1 aliphatic rings. The third-order valence-corrected chi connectivity index (χ3v) is 5.77. The second-order valence-electron chi connectivity index (χ2n) is 7.47. The molecule has 0 bridgehead atoms. The Labute approximate surface area is 150 Å². The maximum atomic E-state index is 12.9. The second-order valence-corrected chi connectivity index (χ2v) is 9.46. The van der Waals surface area contributed by atoms with E-state index in [0.29, 0.717) is 38.2 Å². The van der Waals surface area contributed by atoms with Crippen molar-refractivity contribution in [1.29, 1.82) is 0 Å². The van der Waals surface area contributed by atoms with Gasteiger partial charge in [0.05, 0.1) is 13.4 Å². The molecule has 0 N–H and O–H groups in total. The van der Waals surface area contributed by atoms with Crippen LogP contribution in [0, 0.1) is 0 Å². The molecule has 0 saturated carbocycles. The smallest absolute Gasteiger partial charge is 0.253 e. The van der Waals surface area contributed by atoms with Gasteiger partial charge >= 0.3 is 0 Å². The fourth-order valence-electron chi connectivity index (χ4n) is 3.04. The molecule has 1 aromatic rings. The van der Waals surface area contributed by atoms with Crippen molar-refractivity contribution >= 4 is 15.9 Å². The molecule has 0 radical (unpaired) electrons. The molecule has 0 unspecified atom stereocenters. The van der Waals surface area contributed by atoms with Crippen molar-refractivity contribution < 1.29 is 17.9 Å². The highest BCUT2D eigenvalue weighted by molar-refractivity contribution is 7.88. The van der Waals surface area contributed by atoms with Gasteiger partial charge in [0.1, 0.15) is 5.75 Å². The highest BCUT2D eigenvalue weighted by atomic mass is 32.2. The summed E-state index contributed by atoms with van der Waals surface area (Å²) in [5.41, 5.74) is 1.44. The molecular formula is C18H28N2O4S. The highest BCUT2D eigenvalue weighted by Gasteiger charge is 2.26. The van der Waals surface area contributed by atoms with Crippen molar-refractivity contribution in [2.24, 2.45) is 0 Å². The van der Waals surface area contributed by atoms with E-state index >= 15 is 0 Å². The van der Waals surface area contributed by atoms with Crippen LogP contribution < -0.4 is 4.74 Å². The summed E-state index contributed by atoms with van der Waals surface area (Å²) < 4.78 is 30.3. The Balaban J connectivity index is 2.23. The van der Waals surface area contributed by atoms with Crippen LogP contribution in [-0.4, -0.2) is 63.1 Å². The lowest BCUT2D eigenvalue weighted by Crippen LogP contribution is -2.37. The van der Waals surface area contributed by atoms with Gasteiger partial charge in [0.2, 0.25) is 10.0 Å². The highest BCUT2D eigenvalue weighted by Crippen LogP contribution is 2.32. The van der Waals surface area contributed by atoms with Crippen LogP contribution in [0.25, 0.3) is 0 Å². The fourth-order valence-corrected chi connectivity index (χ4v) is 3.91. The number of carbonyl (C=O) groups excluding carboxylic acids is 1. The summed E-state index contributed by atoms with van der Waals surface area (Å²) in [4.78, 5) is 14.6. The van der Waals surface area contributed by atoms with Gasteiger partial charge in [-0.05, 0) is 30.0 Å². The zero-order valence-corrected chi connectivity index (χ0v) is 16.5. The van der Waals surface area contributed by atoms with Crippen molar-refractivity contribution in [3.63, 3.8) is 0 Å². The molecule has 1 aromatic carbocycles. The molecule has 1 amide bonds. The third kappa shape index (κ3) is 4.73. The average Bonchev–Trinajstić information content (AvgIpc) is 2.78. The minimum Gasteiger partial charge on any atom is -0.496 e. The lowest BCUT2D eigenvalue weighted by molar-refractivity contribution is 0.0764. The number of nitrogens with zero attached hydrogens (tertiary/aromatic N) is 2. The third-order valence-electron chi connectivity index (χ3n) is 4.47. The summed E-state index contributed by atoms with van der Waals surface area (Å²) >= 11 is 0. The van der Waals surface area contributed by atoms with E-state index < -0.39 is 10.0 Å². The Kier molecular flexibility index (Phi) is 5.79. The lowest BCUT2D eigenvalue weighted by atomic mass is 9.85. The SMILES string of the molecule is COc1ccc(C(=O)N2CCCN(S(C)(=O)=O)CC2)cc1C(C)(C)C. The fraction of sp³-hybridized carbons (Fsp3) is 0.611. The summed E-state index contributed by atoms with van der Waals surface area (Å²) in [5.74, 6) is 0.701. The molecule has 25 heavy (non-hydrogen) atoms. The van der Waals surface area contributed by atoms with Crippen molar-refractivity contribution in [2.45, 2.75) is 32.6 Å². The number of rotatable bonds is 3. The number of amides is 1. The first-order chi connectivity index (χ1) is 11.5. The summed E-state index contributed by atoms with van der Waals surface area (Å²) in [5, 5.41) is 0. The first kappa shape index (κ1) is 19.7. The zero-order valence-electron chi connectivity index (χ0n) is 15.7. The Bertz CT molecular complexity index is 738. The van der Waals surface area contributed by atoms with Crippen LogP contribution in [0.4, 0.5) is 0 Å². The average molecular weight is 368 g/mol. The van der Waals surface area contributed by atoms with Crippen LogP contribution in [0.1, 0.15) is 43.1 Å². The van der Waals surface area contributed by atoms with Crippen molar-refractivity contribution in [3.8, 4) is 5.75 Å². The van der Waals surface area contributed by atoms with E-state index in [1.165, 1.54) is 10.6 Å². The second kappa shape index (κ2) is 7.33. The quantitative estimate of drug-likeness (QED) is 0.819. The standard InChI is InChI=1S/C18H28N2O4S/c1-18(2,3)15-13-14(7-8-16(15)24-4)17(21)19-9-6-10-20(12-11-19)25(5,22)23/h7-8,13H,6,9-12H2,1-5H3. The van der Waals surface area contributed by atoms with Crippen molar-refractivity contribution in [2.75, 3.05) is 39.5 Å². The Morgan fingerprint density at radius 1 is 1.12 bits per heavy atom. The number of ether oxygens (including phenoxy) is 1. The maximum absolute atomic E-state index is 12.9. The number of sulfonamides is 1.